The molecule has 1 unspecified atom stereocenters. The highest BCUT2D eigenvalue weighted by Crippen LogP contribution is 2.47. The van der Waals surface area contributed by atoms with E-state index in [4.69, 9.17) is 0 Å². The lowest BCUT2D eigenvalue weighted by atomic mass is 9.84. The first-order valence-electron chi connectivity index (χ1n) is 15.4. The van der Waals surface area contributed by atoms with Gasteiger partial charge in [-0.3, -0.25) is 9.79 Å². The zero-order valence-corrected chi connectivity index (χ0v) is 25.1. The quantitative estimate of drug-likeness (QED) is 0.110. The molecule has 1 aliphatic rings. The number of aldehydes is 1. The lowest BCUT2D eigenvalue weighted by Gasteiger charge is -2.18. The summed E-state index contributed by atoms with van der Waals surface area (Å²) < 4.78 is 0. The van der Waals surface area contributed by atoms with Gasteiger partial charge in [0.25, 0.3) is 0 Å². The number of carbonyl (C=O) groups excluding carboxylic acids is 1. The maximum absolute atomic E-state index is 12.4. The smallest absolute Gasteiger partial charge is 0.150 e. The highest BCUT2D eigenvalue weighted by atomic mass is 16.3. The Morgan fingerprint density at radius 1 is 0.587 bits per heavy atom. The van der Waals surface area contributed by atoms with E-state index in [1.807, 2.05) is 31.2 Å². The van der Waals surface area contributed by atoms with Crippen LogP contribution in [0, 0.1) is 4.91 Å². The summed E-state index contributed by atoms with van der Waals surface area (Å²) >= 11 is 0. The van der Waals surface area contributed by atoms with E-state index in [-0.39, 0.29) is 5.92 Å². The number of benzene rings is 7. The molecule has 0 fully saturated rings. The van der Waals surface area contributed by atoms with Crippen LogP contribution in [0.1, 0.15) is 34.3 Å². The number of nitrogens with zero attached hydrogens (tertiary/aromatic N) is 2. The number of carbonyl (C=O) groups is 1. The minimum atomic E-state index is -0.291. The predicted molar refractivity (Wildman–Crippen MR) is 190 cm³/mol. The lowest BCUT2D eigenvalue weighted by molar-refractivity contribution is 0.112. The van der Waals surface area contributed by atoms with Gasteiger partial charge >= 0.3 is 0 Å². The largest absolute Gasteiger partial charge is 0.298 e. The number of nitroso groups, excluding NO2 is 1. The van der Waals surface area contributed by atoms with Crippen molar-refractivity contribution in [3.63, 3.8) is 0 Å². The van der Waals surface area contributed by atoms with Crippen LogP contribution in [-0.4, -0.2) is 12.0 Å². The van der Waals surface area contributed by atoms with Crippen LogP contribution < -0.4 is 0 Å². The predicted octanol–water partition coefficient (Wildman–Crippen LogP) is 11.4. The molecule has 0 saturated carbocycles. The summed E-state index contributed by atoms with van der Waals surface area (Å²) in [5.41, 5.74) is 10.8. The van der Waals surface area contributed by atoms with Gasteiger partial charge in [-0.1, -0.05) is 121 Å². The van der Waals surface area contributed by atoms with Gasteiger partial charge in [-0.2, -0.15) is 0 Å². The van der Waals surface area contributed by atoms with Crippen LogP contribution >= 0.6 is 0 Å². The molecule has 0 N–H and O–H groups in total. The molecule has 0 spiro atoms. The van der Waals surface area contributed by atoms with Crippen molar-refractivity contribution in [2.24, 2.45) is 10.2 Å². The molecule has 1 heterocycles. The molecule has 1 aliphatic heterocycles. The van der Waals surface area contributed by atoms with Gasteiger partial charge < -0.3 is 0 Å². The normalized spacial score (nSPS) is 13.8. The van der Waals surface area contributed by atoms with Gasteiger partial charge in [0.2, 0.25) is 0 Å². The molecule has 0 aliphatic carbocycles. The molecule has 0 bridgehead atoms. The average Bonchev–Trinajstić information content (AvgIpc) is 3.46. The van der Waals surface area contributed by atoms with Crippen LogP contribution in [0.4, 0.5) is 11.4 Å². The van der Waals surface area contributed by atoms with E-state index in [1.54, 1.807) is 12.1 Å². The summed E-state index contributed by atoms with van der Waals surface area (Å²) in [7, 11) is 0. The molecule has 0 radical (unpaired) electrons. The van der Waals surface area contributed by atoms with Gasteiger partial charge in [-0.15, -0.1) is 4.91 Å². The Bertz CT molecular complexity index is 2300. The van der Waals surface area contributed by atoms with E-state index < -0.39 is 0 Å². The molecular weight excluding hydrogens is 564 g/mol. The van der Waals surface area contributed by atoms with Crippen molar-refractivity contribution in [1.29, 1.82) is 0 Å². The fourth-order valence-corrected chi connectivity index (χ4v) is 7.16. The van der Waals surface area contributed by atoms with Gasteiger partial charge in [-0.25, -0.2) is 0 Å². The third-order valence-electron chi connectivity index (χ3n) is 9.19. The number of aliphatic imine (C=N–C) groups is 1. The van der Waals surface area contributed by atoms with E-state index in [0.29, 0.717) is 11.3 Å². The van der Waals surface area contributed by atoms with Crippen molar-refractivity contribution in [3.8, 4) is 33.4 Å². The van der Waals surface area contributed by atoms with Gasteiger partial charge in [0.05, 0.1) is 11.6 Å². The Morgan fingerprint density at radius 2 is 1.13 bits per heavy atom. The van der Waals surface area contributed by atoms with Gasteiger partial charge in [0.15, 0.2) is 0 Å². The third kappa shape index (κ3) is 4.38. The molecule has 4 nitrogen and oxygen atoms in total. The van der Waals surface area contributed by atoms with Crippen LogP contribution in [0.2, 0.25) is 0 Å². The maximum atomic E-state index is 12.4. The Morgan fingerprint density at radius 3 is 1.72 bits per heavy atom. The second kappa shape index (κ2) is 11.2. The van der Waals surface area contributed by atoms with Crippen LogP contribution in [0.15, 0.2) is 150 Å². The fourth-order valence-electron chi connectivity index (χ4n) is 7.16. The van der Waals surface area contributed by atoms with Crippen molar-refractivity contribution in [2.45, 2.75) is 12.8 Å². The van der Waals surface area contributed by atoms with Crippen molar-refractivity contribution >= 4 is 44.9 Å². The SMILES string of the molecule is CC1=Nc2cccc(N=O)c2C1c1ccc(-c2ccc(-c3c4ccccc4c(-c4ccccc4)c4ccccc34)cc2)cc1C=O. The number of hydrogen-bond acceptors (Lipinski definition) is 4. The van der Waals surface area contributed by atoms with Crippen molar-refractivity contribution in [3.05, 3.63) is 161 Å². The summed E-state index contributed by atoms with van der Waals surface area (Å²) in [6, 6.07) is 47.8. The third-order valence-corrected chi connectivity index (χ3v) is 9.19. The van der Waals surface area contributed by atoms with Crippen molar-refractivity contribution in [1.82, 2.24) is 0 Å². The van der Waals surface area contributed by atoms with E-state index in [9.17, 15) is 9.70 Å². The molecule has 7 aromatic rings. The molecule has 218 valence electrons. The Balaban J connectivity index is 1.22. The number of fused-ring (bicyclic) bond motifs is 3. The molecule has 0 amide bonds. The van der Waals surface area contributed by atoms with Crippen molar-refractivity contribution in [2.75, 3.05) is 0 Å². The van der Waals surface area contributed by atoms with Crippen molar-refractivity contribution < 1.29 is 4.79 Å². The zero-order chi connectivity index (χ0) is 31.2. The fraction of sp³-hybridized carbons (Fsp3) is 0.0476. The van der Waals surface area contributed by atoms with Crippen LogP contribution in [0.25, 0.3) is 54.9 Å². The van der Waals surface area contributed by atoms with Gasteiger partial charge in [0.1, 0.15) is 12.0 Å². The van der Waals surface area contributed by atoms with Gasteiger partial charge in [-0.05, 0) is 90.8 Å². The molecule has 7 aromatic carbocycles. The van der Waals surface area contributed by atoms with Crippen LogP contribution in [0.5, 0.6) is 0 Å². The molecule has 46 heavy (non-hydrogen) atoms. The minimum Gasteiger partial charge on any atom is -0.298 e. The molecule has 1 atom stereocenters. The lowest BCUT2D eigenvalue weighted by Crippen LogP contribution is -2.09. The molecule has 4 heteroatoms. The van der Waals surface area contributed by atoms with E-state index in [1.165, 1.54) is 38.2 Å². The number of hydrogen-bond donors (Lipinski definition) is 0. The zero-order valence-electron chi connectivity index (χ0n) is 25.1. The Labute approximate surface area is 266 Å². The average molecular weight is 593 g/mol. The topological polar surface area (TPSA) is 58.9 Å². The van der Waals surface area contributed by atoms with Crippen LogP contribution in [0.3, 0.4) is 0 Å². The van der Waals surface area contributed by atoms with Gasteiger partial charge in [0, 0.05) is 16.8 Å². The first kappa shape index (κ1) is 27.5. The van der Waals surface area contributed by atoms with E-state index in [0.717, 1.165) is 45.5 Å². The summed E-state index contributed by atoms with van der Waals surface area (Å²) in [6.45, 7) is 1.93. The molecule has 0 saturated heterocycles. The standard InChI is InChI=1S/C42H28N2O2/c1-26-39(42-37(43-26)16-9-17-38(42)44-46)32-23-22-30(24-31(32)25-45)27-18-20-29(21-19-27)41-35-14-7-5-12-33(35)40(28-10-3-2-4-11-28)34-13-6-8-15-36(34)41/h2-25,39H,1H3. The monoisotopic (exact) mass is 592 g/mol. The molecule has 0 aromatic heterocycles. The van der Waals surface area contributed by atoms with Crippen LogP contribution in [-0.2, 0) is 0 Å². The Hall–Kier alpha value is -6.00. The first-order chi connectivity index (χ1) is 22.7. The summed E-state index contributed by atoms with van der Waals surface area (Å²) in [5, 5.41) is 8.11. The second-order valence-corrected chi connectivity index (χ2v) is 11.7. The van der Waals surface area contributed by atoms with E-state index in [2.05, 4.69) is 113 Å². The summed E-state index contributed by atoms with van der Waals surface area (Å²) in [5.74, 6) is -0.291. The summed E-state index contributed by atoms with van der Waals surface area (Å²) in [4.78, 5) is 28.7. The van der Waals surface area contributed by atoms with E-state index >= 15 is 0 Å². The number of rotatable bonds is 6. The second-order valence-electron chi connectivity index (χ2n) is 11.7. The highest BCUT2D eigenvalue weighted by molar-refractivity contribution is 6.21. The molecule has 8 rings (SSSR count). The minimum absolute atomic E-state index is 0.291. The summed E-state index contributed by atoms with van der Waals surface area (Å²) in [6.07, 6.45) is 0.891. The first-order valence-corrected chi connectivity index (χ1v) is 15.4. The maximum Gasteiger partial charge on any atom is 0.150 e. The Kier molecular flexibility index (Phi) is 6.69. The highest BCUT2D eigenvalue weighted by Gasteiger charge is 2.31. The molecular formula is C42H28N2O2.